The average molecular weight is 199 g/mol. The summed E-state index contributed by atoms with van der Waals surface area (Å²) in [4.78, 5) is 5.85. The molecule has 7 heteroatoms. The molecule has 0 saturated heterocycles. The molecule has 0 aromatic rings. The van der Waals surface area contributed by atoms with Crippen molar-refractivity contribution >= 4 is 23.3 Å². The summed E-state index contributed by atoms with van der Waals surface area (Å²) in [6.45, 7) is 0. The van der Waals surface area contributed by atoms with E-state index < -0.39 is 0 Å². The van der Waals surface area contributed by atoms with Gasteiger partial charge in [-0.3, -0.25) is 4.99 Å². The molecule has 0 spiro atoms. The van der Waals surface area contributed by atoms with E-state index in [0.29, 0.717) is 0 Å². The van der Waals surface area contributed by atoms with Crippen molar-refractivity contribution in [3.63, 3.8) is 0 Å². The molecule has 0 bridgehead atoms. The maximum atomic E-state index is 3.94. The molecule has 0 rings (SSSR count). The summed E-state index contributed by atoms with van der Waals surface area (Å²) < 4.78 is 0. The van der Waals surface area contributed by atoms with Gasteiger partial charge in [0.1, 0.15) is 0 Å². The molecular weight excluding hydrogens is 186 g/mol. The summed E-state index contributed by atoms with van der Waals surface area (Å²) >= 11 is 0. The van der Waals surface area contributed by atoms with Crippen molar-refractivity contribution in [2.24, 2.45) is 4.99 Å². The molecule has 0 aromatic heterocycles. The van der Waals surface area contributed by atoms with Crippen molar-refractivity contribution in [1.82, 2.24) is 10.2 Å². The smallest absolute Gasteiger partial charge is 1.00 e. The fourth-order valence-electron chi connectivity index (χ4n) is 0.535. The van der Waals surface area contributed by atoms with Crippen molar-refractivity contribution in [3.8, 4) is 0 Å². The quantitative estimate of drug-likeness (QED) is 0.238. The number of rotatable bonds is 0. The van der Waals surface area contributed by atoms with Gasteiger partial charge in [0.05, 0.1) is 0 Å². The van der Waals surface area contributed by atoms with Crippen LogP contribution in [-0.2, 0) is 0 Å². The van der Waals surface area contributed by atoms with Crippen molar-refractivity contribution in [1.29, 1.82) is 0 Å². The fraction of sp³-hybridized carbons (Fsp3) is 0.800. The number of nitrogens with one attached hydrogen (secondary N) is 1. The summed E-state index contributed by atoms with van der Waals surface area (Å²) in [6, 6.07) is 0. The fourth-order valence-corrected chi connectivity index (χ4v) is 0.535. The first-order valence-electron chi connectivity index (χ1n) is 2.54. The van der Waals surface area contributed by atoms with E-state index in [2.05, 4.69) is 10.3 Å². The van der Waals surface area contributed by atoms with Gasteiger partial charge >= 0.3 is 17.4 Å². The molecule has 3 nitrogen and oxygen atoms in total. The Bertz CT molecular complexity index is 99.9. The van der Waals surface area contributed by atoms with Crippen molar-refractivity contribution < 1.29 is 14.1 Å². The van der Waals surface area contributed by atoms with E-state index in [1.165, 1.54) is 0 Å². The summed E-state index contributed by atoms with van der Waals surface area (Å²) in [5.41, 5.74) is 0. The Hall–Kier alpha value is -0.408. The number of halogens is 3. The molecule has 0 atom stereocenters. The molecule has 12 heavy (non-hydrogen) atoms. The van der Waals surface area contributed by atoms with Gasteiger partial charge in [-0.05, 0) is 0 Å². The van der Waals surface area contributed by atoms with Crippen molar-refractivity contribution in [2.75, 3.05) is 28.2 Å². The molecular formula is C5H13AlF3N3. The molecule has 0 heterocycles. The monoisotopic (exact) mass is 199 g/mol. The van der Waals surface area contributed by atoms with E-state index in [0.717, 1.165) is 5.96 Å². The number of hydrogen-bond donors (Lipinski definition) is 1. The van der Waals surface area contributed by atoms with Crippen LogP contribution >= 0.6 is 0 Å². The number of nitrogens with zero attached hydrogens (tertiary/aromatic N) is 2. The van der Waals surface area contributed by atoms with Crippen LogP contribution in [0, 0.1) is 0 Å². The molecule has 72 valence electrons. The molecule has 0 amide bonds. The van der Waals surface area contributed by atoms with Gasteiger partial charge in [0, 0.05) is 28.2 Å². The molecule has 0 aromatic carbocycles. The van der Waals surface area contributed by atoms with Gasteiger partial charge in [-0.2, -0.15) is 0 Å². The van der Waals surface area contributed by atoms with Gasteiger partial charge in [-0.1, -0.05) is 0 Å². The number of aliphatic imine (C=N–C) groups is 1. The van der Waals surface area contributed by atoms with E-state index in [1.807, 2.05) is 26.0 Å². The van der Waals surface area contributed by atoms with Crippen LogP contribution in [0.4, 0.5) is 0 Å². The van der Waals surface area contributed by atoms with Crippen LogP contribution in [0.1, 0.15) is 0 Å². The van der Waals surface area contributed by atoms with Crippen LogP contribution in [0.5, 0.6) is 0 Å². The van der Waals surface area contributed by atoms with Crippen LogP contribution in [-0.4, -0.2) is 56.4 Å². The topological polar surface area (TPSA) is 27.6 Å². The summed E-state index contributed by atoms with van der Waals surface area (Å²) in [5, 5.41) is 2.93. The molecule has 0 saturated carbocycles. The number of guanidine groups is 1. The second-order valence-corrected chi connectivity index (χ2v) is 1.69. The predicted molar refractivity (Wildman–Crippen MR) is 41.9 cm³/mol. The van der Waals surface area contributed by atoms with Crippen LogP contribution in [0.25, 0.3) is 0 Å². The molecule has 0 radical (unpaired) electrons. The Balaban J connectivity index is -0.0000000408. The average Bonchev–Trinajstić information content (AvgIpc) is 1.69. The number of hydrogen-bond acceptors (Lipinski definition) is 1. The molecule has 0 fully saturated rings. The maximum absolute atomic E-state index is 3.94. The van der Waals surface area contributed by atoms with E-state index >= 15 is 0 Å². The van der Waals surface area contributed by atoms with E-state index in [1.54, 1.807) is 7.05 Å². The zero-order chi connectivity index (χ0) is 6.57. The second kappa shape index (κ2) is 16.9. The van der Waals surface area contributed by atoms with Crippen LogP contribution < -0.4 is 19.4 Å². The first-order chi connectivity index (χ1) is 3.72. The Morgan fingerprint density at radius 3 is 1.50 bits per heavy atom. The van der Waals surface area contributed by atoms with Gasteiger partial charge in [0.2, 0.25) is 0 Å². The molecule has 1 N–H and O–H groups in total. The van der Waals surface area contributed by atoms with Crippen LogP contribution in [0.3, 0.4) is 0 Å². The Morgan fingerprint density at radius 2 is 1.50 bits per heavy atom. The summed E-state index contributed by atoms with van der Waals surface area (Å²) in [5.74, 6) is 0.894. The predicted octanol–water partition coefficient (Wildman–Crippen LogP) is -9.62. The third-order valence-electron chi connectivity index (χ3n) is 0.859. The first-order valence-corrected chi connectivity index (χ1v) is 2.54. The van der Waals surface area contributed by atoms with Gasteiger partial charge < -0.3 is 24.3 Å². The molecule has 0 unspecified atom stereocenters. The summed E-state index contributed by atoms with van der Waals surface area (Å²) in [7, 11) is 7.49. The van der Waals surface area contributed by atoms with Gasteiger partial charge in [0.15, 0.2) is 5.96 Å². The minimum Gasteiger partial charge on any atom is -1.00 e. The van der Waals surface area contributed by atoms with Crippen molar-refractivity contribution in [2.45, 2.75) is 0 Å². The Kier molecular flexibility index (Phi) is 42.2. The zero-order valence-corrected chi connectivity index (χ0v) is 8.76. The zero-order valence-electron chi connectivity index (χ0n) is 7.61. The minimum absolute atomic E-state index is 0. The van der Waals surface area contributed by atoms with E-state index in [4.69, 9.17) is 0 Å². The van der Waals surface area contributed by atoms with Gasteiger partial charge in [-0.25, -0.2) is 0 Å². The van der Waals surface area contributed by atoms with Crippen LogP contribution in [0.15, 0.2) is 4.99 Å². The Morgan fingerprint density at radius 1 is 1.17 bits per heavy atom. The maximum Gasteiger partial charge on any atom is 3.00 e. The standard InChI is InChI=1S/C5H13N3.Al.3FH/c1-6-5(7-2)8(3)4;;;;/h1-4H3,(H,6,7);;3*1H/q;+3;;;/p-3. The SMILES string of the molecule is CN=C(NC)N(C)C.[Al+3].[F-].[F-].[F-]. The van der Waals surface area contributed by atoms with Gasteiger partial charge in [-0.15, -0.1) is 0 Å². The summed E-state index contributed by atoms with van der Waals surface area (Å²) in [6.07, 6.45) is 0. The third-order valence-corrected chi connectivity index (χ3v) is 0.859. The normalized spacial score (nSPS) is 7.50. The van der Waals surface area contributed by atoms with Gasteiger partial charge in [0.25, 0.3) is 0 Å². The minimum atomic E-state index is 0. The molecule has 0 aliphatic heterocycles. The van der Waals surface area contributed by atoms with Crippen LogP contribution in [0.2, 0.25) is 0 Å². The van der Waals surface area contributed by atoms with E-state index in [9.17, 15) is 0 Å². The second-order valence-electron chi connectivity index (χ2n) is 1.69. The van der Waals surface area contributed by atoms with E-state index in [-0.39, 0.29) is 31.5 Å². The first kappa shape index (κ1) is 29.9. The third kappa shape index (κ3) is 12.3. The molecule has 0 aliphatic carbocycles. The van der Waals surface area contributed by atoms with Crippen molar-refractivity contribution in [3.05, 3.63) is 0 Å². The molecule has 0 aliphatic rings. The largest absolute Gasteiger partial charge is 3.00 e. The Labute approximate surface area is 81.5 Å².